The minimum absolute atomic E-state index is 0.158. The van der Waals surface area contributed by atoms with Crippen molar-refractivity contribution in [3.63, 3.8) is 0 Å². The van der Waals surface area contributed by atoms with Crippen molar-refractivity contribution in [1.29, 1.82) is 0 Å². The SMILES string of the molecule is O=C(NCC1CCN(c2cc(-c3ccccn3)[nH]n2)CC1)c1ccc(F)cc1. The smallest absolute Gasteiger partial charge is 0.251 e. The van der Waals surface area contributed by atoms with E-state index in [1.54, 1.807) is 6.20 Å². The summed E-state index contributed by atoms with van der Waals surface area (Å²) in [5, 5.41) is 10.4. The first kappa shape index (κ1) is 18.2. The van der Waals surface area contributed by atoms with E-state index in [0.29, 0.717) is 18.0 Å². The number of carbonyl (C=O) groups is 1. The summed E-state index contributed by atoms with van der Waals surface area (Å²) in [7, 11) is 0. The highest BCUT2D eigenvalue weighted by atomic mass is 19.1. The van der Waals surface area contributed by atoms with E-state index in [2.05, 4.69) is 25.4 Å². The number of halogens is 1. The molecule has 2 aromatic heterocycles. The van der Waals surface area contributed by atoms with Crippen molar-refractivity contribution in [2.45, 2.75) is 12.8 Å². The summed E-state index contributed by atoms with van der Waals surface area (Å²) in [6.07, 6.45) is 3.73. The van der Waals surface area contributed by atoms with Crippen molar-refractivity contribution in [3.05, 3.63) is 66.1 Å². The maximum Gasteiger partial charge on any atom is 0.251 e. The van der Waals surface area contributed by atoms with Crippen LogP contribution >= 0.6 is 0 Å². The van der Waals surface area contributed by atoms with Gasteiger partial charge in [0.15, 0.2) is 5.82 Å². The van der Waals surface area contributed by atoms with Crippen molar-refractivity contribution in [1.82, 2.24) is 20.5 Å². The Morgan fingerprint density at radius 1 is 1.18 bits per heavy atom. The number of benzene rings is 1. The normalized spacial score (nSPS) is 14.8. The molecule has 0 bridgehead atoms. The number of amides is 1. The third kappa shape index (κ3) is 4.19. The Balaban J connectivity index is 1.27. The van der Waals surface area contributed by atoms with Crippen molar-refractivity contribution < 1.29 is 9.18 Å². The monoisotopic (exact) mass is 379 g/mol. The third-order valence-electron chi connectivity index (χ3n) is 5.10. The van der Waals surface area contributed by atoms with Gasteiger partial charge in [-0.2, -0.15) is 5.10 Å². The number of anilines is 1. The number of aromatic nitrogens is 3. The van der Waals surface area contributed by atoms with Crippen LogP contribution in [-0.4, -0.2) is 40.7 Å². The van der Waals surface area contributed by atoms with Crippen LogP contribution in [0.15, 0.2) is 54.7 Å². The molecule has 1 aromatic carbocycles. The van der Waals surface area contributed by atoms with Gasteiger partial charge in [-0.25, -0.2) is 4.39 Å². The van der Waals surface area contributed by atoms with Gasteiger partial charge in [0.05, 0.1) is 11.4 Å². The maximum atomic E-state index is 13.0. The summed E-state index contributed by atoms with van der Waals surface area (Å²) in [6, 6.07) is 13.4. The van der Waals surface area contributed by atoms with Gasteiger partial charge in [-0.1, -0.05) is 6.07 Å². The van der Waals surface area contributed by atoms with E-state index in [1.807, 2.05) is 24.3 Å². The fourth-order valence-corrected chi connectivity index (χ4v) is 3.43. The highest BCUT2D eigenvalue weighted by Gasteiger charge is 2.22. The van der Waals surface area contributed by atoms with Gasteiger partial charge in [0.25, 0.3) is 5.91 Å². The quantitative estimate of drug-likeness (QED) is 0.714. The minimum Gasteiger partial charge on any atom is -0.355 e. The predicted molar refractivity (Wildman–Crippen MR) is 105 cm³/mol. The molecule has 6 nitrogen and oxygen atoms in total. The molecule has 1 fully saturated rings. The van der Waals surface area contributed by atoms with Gasteiger partial charge in [-0.15, -0.1) is 0 Å². The lowest BCUT2D eigenvalue weighted by molar-refractivity contribution is 0.0945. The lowest BCUT2D eigenvalue weighted by Gasteiger charge is -2.32. The Bertz CT molecular complexity index is 917. The maximum absolute atomic E-state index is 13.0. The molecule has 0 radical (unpaired) electrons. The highest BCUT2D eigenvalue weighted by molar-refractivity contribution is 5.94. The number of nitrogens with one attached hydrogen (secondary N) is 2. The number of aromatic amines is 1. The summed E-state index contributed by atoms with van der Waals surface area (Å²) >= 11 is 0. The molecule has 0 saturated carbocycles. The molecule has 144 valence electrons. The van der Waals surface area contributed by atoms with E-state index in [4.69, 9.17) is 0 Å². The van der Waals surface area contributed by atoms with Crippen LogP contribution in [0.2, 0.25) is 0 Å². The van der Waals surface area contributed by atoms with Gasteiger partial charge in [0.1, 0.15) is 5.82 Å². The molecule has 0 unspecified atom stereocenters. The second-order valence-corrected chi connectivity index (χ2v) is 7.00. The molecule has 3 aromatic rings. The van der Waals surface area contributed by atoms with E-state index >= 15 is 0 Å². The number of hydrogen-bond acceptors (Lipinski definition) is 4. The third-order valence-corrected chi connectivity index (χ3v) is 5.10. The second kappa shape index (κ2) is 8.21. The molecular formula is C21H22FN5O. The number of H-pyrrole nitrogens is 1. The second-order valence-electron chi connectivity index (χ2n) is 7.00. The lowest BCUT2D eigenvalue weighted by Crippen LogP contribution is -2.38. The number of nitrogens with zero attached hydrogens (tertiary/aromatic N) is 3. The van der Waals surface area contributed by atoms with Crippen molar-refractivity contribution in [3.8, 4) is 11.4 Å². The van der Waals surface area contributed by atoms with Gasteiger partial charge in [-0.05, 0) is 55.2 Å². The molecule has 2 N–H and O–H groups in total. The molecule has 1 aliphatic rings. The Morgan fingerprint density at radius 3 is 2.68 bits per heavy atom. The highest BCUT2D eigenvalue weighted by Crippen LogP contribution is 2.24. The fraction of sp³-hybridized carbons (Fsp3) is 0.286. The van der Waals surface area contributed by atoms with E-state index in [-0.39, 0.29) is 11.7 Å². The van der Waals surface area contributed by atoms with E-state index in [0.717, 1.165) is 43.1 Å². The Hall–Kier alpha value is -3.22. The van der Waals surface area contributed by atoms with Crippen molar-refractivity contribution in [2.75, 3.05) is 24.5 Å². The van der Waals surface area contributed by atoms with Crippen molar-refractivity contribution >= 4 is 11.7 Å². The number of carbonyl (C=O) groups excluding carboxylic acids is 1. The average molecular weight is 379 g/mol. The molecular weight excluding hydrogens is 357 g/mol. The predicted octanol–water partition coefficient (Wildman–Crippen LogP) is 3.26. The largest absolute Gasteiger partial charge is 0.355 e. The topological polar surface area (TPSA) is 73.9 Å². The summed E-state index contributed by atoms with van der Waals surface area (Å²) in [5.74, 6) is 0.854. The van der Waals surface area contributed by atoms with Crippen LogP contribution in [-0.2, 0) is 0 Å². The molecule has 28 heavy (non-hydrogen) atoms. The fourth-order valence-electron chi connectivity index (χ4n) is 3.43. The molecule has 4 rings (SSSR count). The standard InChI is InChI=1S/C21H22FN5O/c22-17-6-4-16(5-7-17)21(28)24-14-15-8-11-27(12-9-15)20-13-19(25-26-20)18-3-1-2-10-23-18/h1-7,10,13,15H,8-9,11-12,14H2,(H,24,28)(H,25,26). The molecule has 0 spiro atoms. The molecule has 1 aliphatic heterocycles. The summed E-state index contributed by atoms with van der Waals surface area (Å²) in [6.45, 7) is 2.41. The number of rotatable bonds is 5. The van der Waals surface area contributed by atoms with Crippen LogP contribution in [0, 0.1) is 11.7 Å². The molecule has 1 saturated heterocycles. The first-order chi connectivity index (χ1) is 13.7. The molecule has 0 aliphatic carbocycles. The number of hydrogen-bond donors (Lipinski definition) is 2. The summed E-state index contributed by atoms with van der Waals surface area (Å²) < 4.78 is 13.0. The Morgan fingerprint density at radius 2 is 1.96 bits per heavy atom. The van der Waals surface area contributed by atoms with Crippen LogP contribution in [0.3, 0.4) is 0 Å². The first-order valence-electron chi connectivity index (χ1n) is 9.44. The van der Waals surface area contributed by atoms with Crippen LogP contribution in [0.5, 0.6) is 0 Å². The number of piperidine rings is 1. The van der Waals surface area contributed by atoms with Crippen LogP contribution < -0.4 is 10.2 Å². The Kier molecular flexibility index (Phi) is 5.32. The zero-order valence-corrected chi connectivity index (χ0v) is 15.4. The van der Waals surface area contributed by atoms with Gasteiger partial charge in [0.2, 0.25) is 0 Å². The van der Waals surface area contributed by atoms with E-state index in [1.165, 1.54) is 24.3 Å². The zero-order chi connectivity index (χ0) is 19.3. The van der Waals surface area contributed by atoms with Crippen LogP contribution in [0.4, 0.5) is 10.2 Å². The minimum atomic E-state index is -0.339. The molecule has 3 heterocycles. The molecule has 1 amide bonds. The van der Waals surface area contributed by atoms with Crippen LogP contribution in [0.1, 0.15) is 23.2 Å². The van der Waals surface area contributed by atoms with Crippen molar-refractivity contribution in [2.24, 2.45) is 5.92 Å². The summed E-state index contributed by atoms with van der Waals surface area (Å²) in [5.41, 5.74) is 2.27. The van der Waals surface area contributed by atoms with E-state index < -0.39 is 0 Å². The van der Waals surface area contributed by atoms with Gasteiger partial charge in [-0.3, -0.25) is 14.9 Å². The number of pyridine rings is 1. The lowest BCUT2D eigenvalue weighted by atomic mass is 9.96. The van der Waals surface area contributed by atoms with Gasteiger partial charge in [0, 0.05) is 37.5 Å². The molecule has 0 atom stereocenters. The summed E-state index contributed by atoms with van der Waals surface area (Å²) in [4.78, 5) is 18.7. The van der Waals surface area contributed by atoms with E-state index in [9.17, 15) is 9.18 Å². The van der Waals surface area contributed by atoms with Crippen LogP contribution in [0.25, 0.3) is 11.4 Å². The average Bonchev–Trinajstić information content (AvgIpc) is 3.24. The van der Waals surface area contributed by atoms with Gasteiger partial charge >= 0.3 is 0 Å². The zero-order valence-electron chi connectivity index (χ0n) is 15.4. The molecule has 7 heteroatoms. The van der Waals surface area contributed by atoms with Gasteiger partial charge < -0.3 is 10.2 Å². The Labute approximate surface area is 162 Å². The first-order valence-corrected chi connectivity index (χ1v) is 9.44.